The summed E-state index contributed by atoms with van der Waals surface area (Å²) in [6.07, 6.45) is 7.67. The third-order valence-corrected chi connectivity index (χ3v) is 5.59. The summed E-state index contributed by atoms with van der Waals surface area (Å²) in [6, 6.07) is 14.1. The summed E-state index contributed by atoms with van der Waals surface area (Å²) in [4.78, 5) is 25.1. The molecule has 0 aromatic heterocycles. The molecular weight excluding hydrogens is 400 g/mol. The molecule has 0 heterocycles. The highest BCUT2D eigenvalue weighted by Gasteiger charge is 2.10. The van der Waals surface area contributed by atoms with Crippen molar-refractivity contribution >= 4 is 45.6 Å². The molecule has 0 saturated heterocycles. The molecule has 0 bridgehead atoms. The van der Waals surface area contributed by atoms with E-state index >= 15 is 0 Å². The van der Waals surface area contributed by atoms with Gasteiger partial charge in [0.1, 0.15) is 0 Å². The highest BCUT2D eigenvalue weighted by atomic mass is 16.5. The highest BCUT2D eigenvalue weighted by molar-refractivity contribution is 6.11. The molecule has 4 nitrogen and oxygen atoms in total. The summed E-state index contributed by atoms with van der Waals surface area (Å²) < 4.78 is 10.8. The first kappa shape index (κ1) is 23.5. The van der Waals surface area contributed by atoms with Crippen molar-refractivity contribution in [2.45, 2.75) is 52.9 Å². The van der Waals surface area contributed by atoms with Crippen LogP contribution in [-0.4, -0.2) is 25.2 Å². The second-order valence-corrected chi connectivity index (χ2v) is 7.94. The van der Waals surface area contributed by atoms with Crippen molar-refractivity contribution in [3.63, 3.8) is 0 Å². The maximum absolute atomic E-state index is 12.6. The Bertz CT molecular complexity index is 1220. The highest BCUT2D eigenvalue weighted by Crippen LogP contribution is 2.16. The van der Waals surface area contributed by atoms with Gasteiger partial charge in [-0.1, -0.05) is 76.1 Å². The standard InChI is InChI=1S/C28H32O4/c1-4-7-15-31-27(29)18-25-21-11-9-10-12-22(21)26(19-28(30)32-16-8-5-2)24-17-20(6-3)13-14-23(24)25/h9-14,17-19H,4-8,15-16H2,1-3H3. The van der Waals surface area contributed by atoms with Crippen LogP contribution < -0.4 is 10.4 Å². The van der Waals surface area contributed by atoms with Crippen LogP contribution in [0.1, 0.15) is 52.0 Å². The first-order valence-corrected chi connectivity index (χ1v) is 11.6. The van der Waals surface area contributed by atoms with Crippen molar-refractivity contribution in [3.05, 3.63) is 58.5 Å². The van der Waals surface area contributed by atoms with E-state index in [9.17, 15) is 9.59 Å². The number of benzene rings is 3. The van der Waals surface area contributed by atoms with Gasteiger partial charge in [0.05, 0.1) is 13.2 Å². The van der Waals surface area contributed by atoms with Gasteiger partial charge >= 0.3 is 11.9 Å². The molecule has 0 fully saturated rings. The van der Waals surface area contributed by atoms with Crippen LogP contribution in [0, 0.1) is 0 Å². The molecule has 3 aromatic rings. The number of aryl methyl sites for hydroxylation is 1. The van der Waals surface area contributed by atoms with Crippen molar-refractivity contribution in [3.8, 4) is 0 Å². The molecule has 0 aliphatic carbocycles. The van der Waals surface area contributed by atoms with Gasteiger partial charge in [0, 0.05) is 12.2 Å². The van der Waals surface area contributed by atoms with Gasteiger partial charge in [0.2, 0.25) is 0 Å². The number of unbranched alkanes of at least 4 members (excludes halogenated alkanes) is 2. The van der Waals surface area contributed by atoms with E-state index in [0.717, 1.165) is 64.1 Å². The van der Waals surface area contributed by atoms with Crippen molar-refractivity contribution in [1.29, 1.82) is 0 Å². The number of rotatable bonds is 9. The summed E-state index contributed by atoms with van der Waals surface area (Å²) in [7, 11) is 0. The molecule has 0 N–H and O–H groups in total. The summed E-state index contributed by atoms with van der Waals surface area (Å²) in [6.45, 7) is 7.05. The first-order chi connectivity index (χ1) is 15.6. The van der Waals surface area contributed by atoms with Crippen LogP contribution in [-0.2, 0) is 25.5 Å². The Hall–Kier alpha value is -3.14. The maximum atomic E-state index is 12.6. The van der Waals surface area contributed by atoms with E-state index in [2.05, 4.69) is 32.9 Å². The lowest BCUT2D eigenvalue weighted by atomic mass is 9.95. The van der Waals surface area contributed by atoms with Gasteiger partial charge in [0.25, 0.3) is 0 Å². The maximum Gasteiger partial charge on any atom is 0.331 e. The van der Waals surface area contributed by atoms with Crippen molar-refractivity contribution in [2.75, 3.05) is 13.2 Å². The monoisotopic (exact) mass is 432 g/mol. The van der Waals surface area contributed by atoms with Gasteiger partial charge < -0.3 is 9.47 Å². The zero-order chi connectivity index (χ0) is 22.9. The number of hydrogen-bond donors (Lipinski definition) is 0. The Morgan fingerprint density at radius 3 is 1.72 bits per heavy atom. The van der Waals surface area contributed by atoms with Gasteiger partial charge in [-0.3, -0.25) is 0 Å². The van der Waals surface area contributed by atoms with Crippen LogP contribution in [0.25, 0.3) is 33.7 Å². The first-order valence-electron chi connectivity index (χ1n) is 11.6. The van der Waals surface area contributed by atoms with Crippen LogP contribution in [0.2, 0.25) is 0 Å². The van der Waals surface area contributed by atoms with Crippen LogP contribution in [0.5, 0.6) is 0 Å². The number of carbonyl (C=O) groups is 2. The fourth-order valence-electron chi connectivity index (χ4n) is 3.78. The number of fused-ring (bicyclic) bond motifs is 2. The topological polar surface area (TPSA) is 52.6 Å². The average molecular weight is 433 g/mol. The molecule has 0 amide bonds. The summed E-state index contributed by atoms with van der Waals surface area (Å²) in [5.74, 6) is -0.692. The van der Waals surface area contributed by atoms with Crippen LogP contribution in [0.15, 0.2) is 42.5 Å². The number of hydrogen-bond acceptors (Lipinski definition) is 4. The van der Waals surface area contributed by atoms with Gasteiger partial charge in [0.15, 0.2) is 0 Å². The fraction of sp³-hybridized carbons (Fsp3) is 0.357. The molecule has 0 unspecified atom stereocenters. The lowest BCUT2D eigenvalue weighted by Gasteiger charge is -2.10. The molecule has 3 aromatic carbocycles. The quantitative estimate of drug-likeness (QED) is 0.277. The zero-order valence-corrected chi connectivity index (χ0v) is 19.3. The Labute approximate surface area is 189 Å². The summed E-state index contributed by atoms with van der Waals surface area (Å²) >= 11 is 0. The largest absolute Gasteiger partial charge is 0.463 e. The number of esters is 2. The minimum absolute atomic E-state index is 0.345. The SMILES string of the molecule is CCCCOC(=O)C=c1c2ccccc2c(=CC(=O)OCCCC)c2cc(CC)ccc12. The molecule has 3 rings (SSSR count). The smallest absolute Gasteiger partial charge is 0.331 e. The molecule has 0 atom stereocenters. The molecule has 0 saturated carbocycles. The molecular formula is C28H32O4. The lowest BCUT2D eigenvalue weighted by Crippen LogP contribution is -2.19. The predicted molar refractivity (Wildman–Crippen MR) is 131 cm³/mol. The lowest BCUT2D eigenvalue weighted by molar-refractivity contribution is -0.137. The van der Waals surface area contributed by atoms with Gasteiger partial charge in [-0.15, -0.1) is 0 Å². The number of carbonyl (C=O) groups excluding carboxylic acids is 2. The molecule has 0 aliphatic rings. The number of ether oxygens (including phenoxy) is 2. The Kier molecular flexibility index (Phi) is 8.43. The van der Waals surface area contributed by atoms with Gasteiger partial charge in [-0.05, 0) is 56.8 Å². The van der Waals surface area contributed by atoms with Gasteiger partial charge in [-0.25, -0.2) is 9.59 Å². The second kappa shape index (κ2) is 11.5. The average Bonchev–Trinajstić information content (AvgIpc) is 2.81. The fourth-order valence-corrected chi connectivity index (χ4v) is 3.78. The molecule has 0 spiro atoms. The van der Waals surface area contributed by atoms with E-state index in [-0.39, 0.29) is 11.9 Å². The van der Waals surface area contributed by atoms with Crippen LogP contribution >= 0.6 is 0 Å². The van der Waals surface area contributed by atoms with Crippen molar-refractivity contribution in [2.24, 2.45) is 0 Å². The predicted octanol–water partition coefficient (Wildman–Crippen LogP) is 4.80. The third-order valence-electron chi connectivity index (χ3n) is 5.59. The normalized spacial score (nSPS) is 12.5. The van der Waals surface area contributed by atoms with Gasteiger partial charge in [-0.2, -0.15) is 0 Å². The molecule has 4 heteroatoms. The van der Waals surface area contributed by atoms with Crippen LogP contribution in [0.3, 0.4) is 0 Å². The Balaban J connectivity index is 2.28. The van der Waals surface area contributed by atoms with E-state index in [1.54, 1.807) is 12.2 Å². The molecule has 0 radical (unpaired) electrons. The second-order valence-electron chi connectivity index (χ2n) is 7.94. The zero-order valence-electron chi connectivity index (χ0n) is 19.3. The van der Waals surface area contributed by atoms with Crippen molar-refractivity contribution in [1.82, 2.24) is 0 Å². The summed E-state index contributed by atoms with van der Waals surface area (Å²) in [5, 5.41) is 5.31. The molecule has 168 valence electrons. The third kappa shape index (κ3) is 5.56. The molecule has 32 heavy (non-hydrogen) atoms. The van der Waals surface area contributed by atoms with Crippen molar-refractivity contribution < 1.29 is 19.1 Å². The Morgan fingerprint density at radius 1 is 0.719 bits per heavy atom. The summed E-state index contributed by atoms with van der Waals surface area (Å²) in [5.41, 5.74) is 1.17. The van der Waals surface area contributed by atoms with E-state index < -0.39 is 0 Å². The Morgan fingerprint density at radius 2 is 1.22 bits per heavy atom. The van der Waals surface area contributed by atoms with E-state index in [0.29, 0.717) is 13.2 Å². The molecule has 0 aliphatic heterocycles. The van der Waals surface area contributed by atoms with E-state index in [1.165, 1.54) is 5.56 Å². The van der Waals surface area contributed by atoms with E-state index in [4.69, 9.17) is 9.47 Å². The minimum Gasteiger partial charge on any atom is -0.463 e. The van der Waals surface area contributed by atoms with E-state index in [1.807, 2.05) is 30.3 Å². The van der Waals surface area contributed by atoms with Crippen LogP contribution in [0.4, 0.5) is 0 Å². The minimum atomic E-state index is -0.347.